The Kier molecular flexibility index (Phi) is 5.86. The predicted octanol–water partition coefficient (Wildman–Crippen LogP) is 3.84. The van der Waals surface area contributed by atoms with Gasteiger partial charge in [-0.05, 0) is 58.3 Å². The maximum Gasteiger partial charge on any atom is 0.0388 e. The predicted molar refractivity (Wildman–Crippen MR) is 85.0 cm³/mol. The first-order chi connectivity index (χ1) is 9.19. The molecular formula is C16H28N2S. The van der Waals surface area contributed by atoms with Crippen LogP contribution in [0.25, 0.3) is 0 Å². The van der Waals surface area contributed by atoms with Gasteiger partial charge in [0.15, 0.2) is 0 Å². The van der Waals surface area contributed by atoms with E-state index in [0.717, 1.165) is 6.42 Å². The van der Waals surface area contributed by atoms with Crippen LogP contribution in [0, 0.1) is 0 Å². The molecule has 108 valence electrons. The lowest BCUT2D eigenvalue weighted by Gasteiger charge is -2.30. The number of nitrogens with one attached hydrogen (secondary N) is 1. The summed E-state index contributed by atoms with van der Waals surface area (Å²) in [6, 6.07) is 5.60. The summed E-state index contributed by atoms with van der Waals surface area (Å²) < 4.78 is 0. The molecule has 2 nitrogen and oxygen atoms in total. The third-order valence-electron chi connectivity index (χ3n) is 3.97. The summed E-state index contributed by atoms with van der Waals surface area (Å²) in [6.07, 6.45) is 5.34. The summed E-state index contributed by atoms with van der Waals surface area (Å²) in [5.41, 5.74) is 0. The zero-order valence-corrected chi connectivity index (χ0v) is 13.4. The van der Waals surface area contributed by atoms with Gasteiger partial charge in [-0.2, -0.15) is 0 Å². The van der Waals surface area contributed by atoms with Crippen molar-refractivity contribution in [2.45, 2.75) is 58.5 Å². The average molecular weight is 280 g/mol. The average Bonchev–Trinajstić information content (AvgIpc) is 2.88. The van der Waals surface area contributed by atoms with Crippen molar-refractivity contribution in [2.24, 2.45) is 0 Å². The molecule has 0 radical (unpaired) electrons. The third kappa shape index (κ3) is 4.59. The molecule has 1 fully saturated rings. The second-order valence-electron chi connectivity index (χ2n) is 5.81. The fourth-order valence-corrected chi connectivity index (χ4v) is 3.87. The van der Waals surface area contributed by atoms with Crippen molar-refractivity contribution in [2.75, 3.05) is 19.6 Å². The highest BCUT2D eigenvalue weighted by atomic mass is 32.1. The molecule has 1 aromatic heterocycles. The quantitative estimate of drug-likeness (QED) is 0.852. The van der Waals surface area contributed by atoms with Crippen molar-refractivity contribution in [3.05, 3.63) is 21.9 Å². The zero-order valence-electron chi connectivity index (χ0n) is 12.6. The number of thiophene rings is 1. The molecular weight excluding hydrogens is 252 g/mol. The molecule has 19 heavy (non-hydrogen) atoms. The van der Waals surface area contributed by atoms with Crippen LogP contribution in [-0.2, 0) is 6.42 Å². The van der Waals surface area contributed by atoms with Crippen LogP contribution in [0.1, 0.15) is 55.8 Å². The number of hydrogen-bond donors (Lipinski definition) is 1. The van der Waals surface area contributed by atoms with Crippen molar-refractivity contribution >= 4 is 11.3 Å². The number of aryl methyl sites for hydroxylation is 1. The van der Waals surface area contributed by atoms with E-state index in [4.69, 9.17) is 0 Å². The van der Waals surface area contributed by atoms with Crippen LogP contribution in [-0.4, -0.2) is 30.6 Å². The highest BCUT2D eigenvalue weighted by Gasteiger charge is 2.16. The van der Waals surface area contributed by atoms with E-state index in [9.17, 15) is 0 Å². The summed E-state index contributed by atoms with van der Waals surface area (Å²) >= 11 is 1.95. The Balaban J connectivity index is 1.78. The highest BCUT2D eigenvalue weighted by molar-refractivity contribution is 7.12. The fourth-order valence-electron chi connectivity index (χ4n) is 2.91. The van der Waals surface area contributed by atoms with Crippen LogP contribution < -0.4 is 5.32 Å². The Bertz CT molecular complexity index is 369. The summed E-state index contributed by atoms with van der Waals surface area (Å²) in [7, 11) is 0. The standard InChI is InChI=1S/C16H28N2S/c1-4-15-8-9-16(19-15)14(3)17-13(2)12-18-10-6-5-7-11-18/h8-9,13-14,17H,4-7,10-12H2,1-3H3. The summed E-state index contributed by atoms with van der Waals surface area (Å²) in [5.74, 6) is 0. The monoisotopic (exact) mass is 280 g/mol. The topological polar surface area (TPSA) is 15.3 Å². The molecule has 1 aliphatic rings. The molecule has 1 aliphatic heterocycles. The van der Waals surface area contributed by atoms with E-state index in [1.807, 2.05) is 11.3 Å². The molecule has 1 N–H and O–H groups in total. The first-order valence-electron chi connectivity index (χ1n) is 7.76. The van der Waals surface area contributed by atoms with Crippen LogP contribution in [0.15, 0.2) is 12.1 Å². The van der Waals surface area contributed by atoms with E-state index >= 15 is 0 Å². The van der Waals surface area contributed by atoms with E-state index in [1.54, 1.807) is 0 Å². The number of likely N-dealkylation sites (tertiary alicyclic amines) is 1. The first kappa shape index (κ1) is 15.0. The molecule has 2 heterocycles. The Hall–Kier alpha value is -0.380. The molecule has 0 amide bonds. The van der Waals surface area contributed by atoms with Gasteiger partial charge in [0.05, 0.1) is 0 Å². The van der Waals surface area contributed by atoms with Crippen molar-refractivity contribution in [3.63, 3.8) is 0 Å². The largest absolute Gasteiger partial charge is 0.306 e. The molecule has 2 rings (SSSR count). The van der Waals surface area contributed by atoms with E-state index < -0.39 is 0 Å². The SMILES string of the molecule is CCc1ccc(C(C)NC(C)CN2CCCCC2)s1. The Labute approximate surface area is 122 Å². The zero-order chi connectivity index (χ0) is 13.7. The van der Waals surface area contributed by atoms with Crippen molar-refractivity contribution < 1.29 is 0 Å². The summed E-state index contributed by atoms with van der Waals surface area (Å²) in [4.78, 5) is 5.58. The lowest BCUT2D eigenvalue weighted by molar-refractivity contribution is 0.205. The van der Waals surface area contributed by atoms with Gasteiger partial charge in [-0.3, -0.25) is 0 Å². The molecule has 3 heteroatoms. The van der Waals surface area contributed by atoms with Crippen LogP contribution in [0.2, 0.25) is 0 Å². The minimum atomic E-state index is 0.477. The van der Waals surface area contributed by atoms with Crippen LogP contribution in [0.5, 0.6) is 0 Å². The molecule has 1 aromatic rings. The molecule has 1 saturated heterocycles. The first-order valence-corrected chi connectivity index (χ1v) is 8.57. The Morgan fingerprint density at radius 1 is 1.21 bits per heavy atom. The Morgan fingerprint density at radius 3 is 2.58 bits per heavy atom. The van der Waals surface area contributed by atoms with Crippen molar-refractivity contribution in [1.82, 2.24) is 10.2 Å². The number of rotatable bonds is 6. The van der Waals surface area contributed by atoms with Gasteiger partial charge in [0.1, 0.15) is 0 Å². The lowest BCUT2D eigenvalue weighted by atomic mass is 10.1. The fraction of sp³-hybridized carbons (Fsp3) is 0.750. The number of piperidine rings is 1. The second-order valence-corrected chi connectivity index (χ2v) is 7.01. The molecule has 0 bridgehead atoms. The number of nitrogens with zero attached hydrogens (tertiary/aromatic N) is 1. The van der Waals surface area contributed by atoms with Crippen molar-refractivity contribution in [3.8, 4) is 0 Å². The second kappa shape index (κ2) is 7.41. The van der Waals surface area contributed by atoms with Gasteiger partial charge < -0.3 is 10.2 Å². The smallest absolute Gasteiger partial charge is 0.0388 e. The third-order valence-corrected chi connectivity index (χ3v) is 5.39. The van der Waals surface area contributed by atoms with E-state index in [2.05, 4.69) is 43.1 Å². The normalized spacial score (nSPS) is 20.4. The minimum absolute atomic E-state index is 0.477. The van der Waals surface area contributed by atoms with Gasteiger partial charge in [-0.1, -0.05) is 13.3 Å². The molecule has 2 unspecified atom stereocenters. The van der Waals surface area contributed by atoms with E-state index in [-0.39, 0.29) is 0 Å². The van der Waals surface area contributed by atoms with Gasteiger partial charge >= 0.3 is 0 Å². The molecule has 2 atom stereocenters. The maximum absolute atomic E-state index is 3.75. The van der Waals surface area contributed by atoms with Crippen molar-refractivity contribution in [1.29, 1.82) is 0 Å². The minimum Gasteiger partial charge on any atom is -0.306 e. The van der Waals surface area contributed by atoms with Gasteiger partial charge in [-0.25, -0.2) is 0 Å². The molecule has 0 aromatic carbocycles. The number of hydrogen-bond acceptors (Lipinski definition) is 3. The summed E-state index contributed by atoms with van der Waals surface area (Å²) in [5, 5.41) is 3.75. The van der Waals surface area contributed by atoms with Gasteiger partial charge in [0, 0.05) is 28.4 Å². The highest BCUT2D eigenvalue weighted by Crippen LogP contribution is 2.23. The van der Waals surface area contributed by atoms with Crippen LogP contribution >= 0.6 is 11.3 Å². The van der Waals surface area contributed by atoms with E-state index in [0.29, 0.717) is 12.1 Å². The van der Waals surface area contributed by atoms with E-state index in [1.165, 1.54) is 48.7 Å². The molecule has 0 saturated carbocycles. The van der Waals surface area contributed by atoms with Crippen LogP contribution in [0.3, 0.4) is 0 Å². The van der Waals surface area contributed by atoms with Crippen LogP contribution in [0.4, 0.5) is 0 Å². The molecule has 0 aliphatic carbocycles. The van der Waals surface area contributed by atoms with Gasteiger partial charge in [0.2, 0.25) is 0 Å². The maximum atomic E-state index is 3.75. The molecule has 0 spiro atoms. The lowest BCUT2D eigenvalue weighted by Crippen LogP contribution is -2.42. The Morgan fingerprint density at radius 2 is 1.95 bits per heavy atom. The summed E-state index contributed by atoms with van der Waals surface area (Å²) in [6.45, 7) is 10.6. The van der Waals surface area contributed by atoms with Gasteiger partial charge in [-0.15, -0.1) is 11.3 Å². The van der Waals surface area contributed by atoms with Gasteiger partial charge in [0.25, 0.3) is 0 Å².